The second kappa shape index (κ2) is 5.58. The molecular weight excluding hydrogens is 232 g/mol. The number of aromatic nitrogens is 1. The Kier molecular flexibility index (Phi) is 3.86. The van der Waals surface area contributed by atoms with Gasteiger partial charge in [0.1, 0.15) is 5.01 Å². The minimum absolute atomic E-state index is 0.555. The van der Waals surface area contributed by atoms with E-state index in [4.69, 9.17) is 10.00 Å². The van der Waals surface area contributed by atoms with Gasteiger partial charge in [-0.05, 0) is 19.1 Å². The summed E-state index contributed by atoms with van der Waals surface area (Å²) in [5.41, 5.74) is 2.53. The van der Waals surface area contributed by atoms with Crippen molar-refractivity contribution in [2.75, 3.05) is 6.61 Å². The lowest BCUT2D eigenvalue weighted by Crippen LogP contribution is -1.90. The Hall–Kier alpha value is -1.70. The fourth-order valence-electron chi connectivity index (χ4n) is 1.45. The van der Waals surface area contributed by atoms with Crippen LogP contribution in [0.15, 0.2) is 29.6 Å². The Balaban J connectivity index is 2.21. The number of rotatable bonds is 4. The maximum Gasteiger partial charge on any atom is 0.119 e. The van der Waals surface area contributed by atoms with E-state index in [2.05, 4.69) is 11.1 Å². The van der Waals surface area contributed by atoms with Crippen LogP contribution in [0.2, 0.25) is 0 Å². The third-order valence-corrected chi connectivity index (χ3v) is 3.09. The van der Waals surface area contributed by atoms with E-state index >= 15 is 0 Å². The molecule has 0 saturated carbocycles. The molecule has 0 fully saturated rings. The molecule has 0 bridgehead atoms. The zero-order valence-corrected chi connectivity index (χ0v) is 10.3. The molecule has 0 radical (unpaired) electrons. The first-order valence-corrected chi connectivity index (χ1v) is 6.24. The molecule has 0 unspecified atom stereocenters. The summed E-state index contributed by atoms with van der Waals surface area (Å²) < 4.78 is 5.31. The van der Waals surface area contributed by atoms with Crippen LogP contribution < -0.4 is 0 Å². The summed E-state index contributed by atoms with van der Waals surface area (Å²) in [6.07, 6.45) is 0. The van der Waals surface area contributed by atoms with E-state index in [1.807, 2.05) is 30.5 Å². The van der Waals surface area contributed by atoms with Crippen LogP contribution in [0.1, 0.15) is 17.5 Å². The predicted octanol–water partition coefficient (Wildman–Crippen LogP) is 3.22. The monoisotopic (exact) mass is 244 g/mol. The van der Waals surface area contributed by atoms with Gasteiger partial charge in [0.15, 0.2) is 0 Å². The molecule has 0 amide bonds. The molecule has 0 aliphatic rings. The van der Waals surface area contributed by atoms with E-state index in [0.717, 1.165) is 16.3 Å². The second-order valence-electron chi connectivity index (χ2n) is 3.46. The van der Waals surface area contributed by atoms with E-state index in [-0.39, 0.29) is 0 Å². The molecule has 0 aliphatic carbocycles. The Bertz CT molecular complexity index is 542. The molecule has 2 aromatic rings. The highest BCUT2D eigenvalue weighted by Crippen LogP contribution is 2.23. The van der Waals surface area contributed by atoms with Crippen molar-refractivity contribution in [1.82, 2.24) is 4.98 Å². The van der Waals surface area contributed by atoms with Crippen molar-refractivity contribution in [2.45, 2.75) is 13.5 Å². The van der Waals surface area contributed by atoms with E-state index in [9.17, 15) is 0 Å². The molecule has 2 rings (SSSR count). The fourth-order valence-corrected chi connectivity index (χ4v) is 2.19. The largest absolute Gasteiger partial charge is 0.375 e. The maximum atomic E-state index is 8.84. The van der Waals surface area contributed by atoms with Gasteiger partial charge in [0.25, 0.3) is 0 Å². The van der Waals surface area contributed by atoms with Crippen LogP contribution in [-0.4, -0.2) is 11.6 Å². The van der Waals surface area contributed by atoms with Crippen LogP contribution >= 0.6 is 11.3 Å². The lowest BCUT2D eigenvalue weighted by Gasteiger charge is -1.97. The van der Waals surface area contributed by atoms with Gasteiger partial charge in [-0.1, -0.05) is 12.1 Å². The molecule has 86 valence electrons. The molecule has 0 spiro atoms. The summed E-state index contributed by atoms with van der Waals surface area (Å²) in [6, 6.07) is 9.59. The van der Waals surface area contributed by atoms with Crippen LogP contribution in [0.25, 0.3) is 11.3 Å². The number of hydrogen-bond acceptors (Lipinski definition) is 4. The first-order chi connectivity index (χ1) is 8.33. The van der Waals surface area contributed by atoms with Gasteiger partial charge in [0.05, 0.1) is 23.9 Å². The summed E-state index contributed by atoms with van der Waals surface area (Å²) in [6.45, 7) is 3.21. The molecule has 0 saturated heterocycles. The number of hydrogen-bond donors (Lipinski definition) is 0. The average molecular weight is 244 g/mol. The van der Waals surface area contributed by atoms with Gasteiger partial charge in [-0.15, -0.1) is 11.3 Å². The topological polar surface area (TPSA) is 45.9 Å². The highest BCUT2D eigenvalue weighted by Gasteiger charge is 2.05. The Labute approximate surface area is 104 Å². The fraction of sp³-hybridized carbons (Fsp3) is 0.231. The molecular formula is C13H12N2OS. The lowest BCUT2D eigenvalue weighted by molar-refractivity contribution is 0.134. The molecule has 0 aliphatic heterocycles. The van der Waals surface area contributed by atoms with E-state index in [1.54, 1.807) is 17.4 Å². The molecule has 1 aromatic heterocycles. The molecule has 0 N–H and O–H groups in total. The second-order valence-corrected chi connectivity index (χ2v) is 4.40. The number of nitriles is 1. The van der Waals surface area contributed by atoms with E-state index in [1.165, 1.54) is 0 Å². The van der Waals surface area contributed by atoms with Gasteiger partial charge in [0.2, 0.25) is 0 Å². The third-order valence-electron chi connectivity index (χ3n) is 2.27. The minimum Gasteiger partial charge on any atom is -0.375 e. The van der Waals surface area contributed by atoms with E-state index in [0.29, 0.717) is 18.8 Å². The summed E-state index contributed by atoms with van der Waals surface area (Å²) in [5.74, 6) is 0. The van der Waals surface area contributed by atoms with Gasteiger partial charge < -0.3 is 4.74 Å². The van der Waals surface area contributed by atoms with Gasteiger partial charge in [-0.3, -0.25) is 0 Å². The Morgan fingerprint density at radius 2 is 2.35 bits per heavy atom. The van der Waals surface area contributed by atoms with Crippen molar-refractivity contribution in [3.8, 4) is 17.3 Å². The van der Waals surface area contributed by atoms with Gasteiger partial charge in [-0.25, -0.2) is 4.98 Å². The van der Waals surface area contributed by atoms with Crippen molar-refractivity contribution in [3.05, 3.63) is 40.2 Å². The molecule has 17 heavy (non-hydrogen) atoms. The Morgan fingerprint density at radius 3 is 3.12 bits per heavy atom. The van der Waals surface area contributed by atoms with Crippen molar-refractivity contribution in [2.24, 2.45) is 0 Å². The quantitative estimate of drug-likeness (QED) is 0.829. The molecule has 1 aromatic carbocycles. The number of benzene rings is 1. The molecule has 4 heteroatoms. The maximum absolute atomic E-state index is 8.84. The van der Waals surface area contributed by atoms with E-state index < -0.39 is 0 Å². The van der Waals surface area contributed by atoms with Crippen molar-refractivity contribution in [3.63, 3.8) is 0 Å². The average Bonchev–Trinajstić information content (AvgIpc) is 2.85. The van der Waals surface area contributed by atoms with Crippen molar-refractivity contribution in [1.29, 1.82) is 5.26 Å². The normalized spacial score (nSPS) is 10.1. The summed E-state index contributed by atoms with van der Waals surface area (Å²) >= 11 is 1.58. The molecule has 3 nitrogen and oxygen atoms in total. The molecule has 0 atom stereocenters. The number of thiazole rings is 1. The summed E-state index contributed by atoms with van der Waals surface area (Å²) in [4.78, 5) is 4.48. The number of nitrogens with zero attached hydrogens (tertiary/aromatic N) is 2. The van der Waals surface area contributed by atoms with Crippen molar-refractivity contribution < 1.29 is 4.74 Å². The minimum atomic E-state index is 0.555. The zero-order valence-electron chi connectivity index (χ0n) is 9.51. The first-order valence-electron chi connectivity index (χ1n) is 5.36. The molecule has 1 heterocycles. The summed E-state index contributed by atoms with van der Waals surface area (Å²) in [5, 5.41) is 11.8. The smallest absolute Gasteiger partial charge is 0.119 e. The number of ether oxygens (including phenoxy) is 1. The van der Waals surface area contributed by atoms with Crippen LogP contribution in [-0.2, 0) is 11.3 Å². The van der Waals surface area contributed by atoms with Crippen LogP contribution in [0.5, 0.6) is 0 Å². The van der Waals surface area contributed by atoms with Crippen LogP contribution in [0, 0.1) is 11.3 Å². The van der Waals surface area contributed by atoms with Gasteiger partial charge in [0, 0.05) is 17.6 Å². The lowest BCUT2D eigenvalue weighted by atomic mass is 10.1. The highest BCUT2D eigenvalue weighted by molar-refractivity contribution is 7.09. The zero-order chi connectivity index (χ0) is 12.1. The van der Waals surface area contributed by atoms with Crippen molar-refractivity contribution >= 4 is 11.3 Å². The van der Waals surface area contributed by atoms with Crippen LogP contribution in [0.3, 0.4) is 0 Å². The summed E-state index contributed by atoms with van der Waals surface area (Å²) in [7, 11) is 0. The van der Waals surface area contributed by atoms with Crippen LogP contribution in [0.4, 0.5) is 0 Å². The first kappa shape index (κ1) is 11.8. The standard InChI is InChI=1S/C13H12N2OS/c1-2-16-8-13-15-12(9-17-13)11-5-3-4-10(6-11)7-14/h3-6,9H,2,8H2,1H3. The SMILES string of the molecule is CCOCc1nc(-c2cccc(C#N)c2)cs1. The Morgan fingerprint density at radius 1 is 1.47 bits per heavy atom. The van der Waals surface area contributed by atoms with Gasteiger partial charge >= 0.3 is 0 Å². The van der Waals surface area contributed by atoms with Gasteiger partial charge in [-0.2, -0.15) is 5.26 Å². The predicted molar refractivity (Wildman–Crippen MR) is 67.6 cm³/mol. The third kappa shape index (κ3) is 2.90. The highest BCUT2D eigenvalue weighted by atomic mass is 32.1.